The van der Waals surface area contributed by atoms with E-state index in [2.05, 4.69) is 10.3 Å². The molecule has 0 saturated carbocycles. The summed E-state index contributed by atoms with van der Waals surface area (Å²) in [5.74, 6) is 0.205. The quantitative estimate of drug-likeness (QED) is 0.655. The molecule has 0 aliphatic rings. The standard InChI is InChI=1S/C14H17ClFN3O2/c1-9-5-12-11(6-10(9)16)18-13(7-15)19(12)8-14(20)17-3-4-21-2/h5-6H,3-4,7-8H2,1-2H3,(H,17,20). The number of methoxy groups -OCH3 is 1. The van der Waals surface area contributed by atoms with Crippen molar-refractivity contribution in [2.45, 2.75) is 19.3 Å². The number of alkyl halides is 1. The molecule has 1 aromatic heterocycles. The maximum atomic E-state index is 13.6. The Morgan fingerprint density at radius 2 is 2.29 bits per heavy atom. The fourth-order valence-electron chi connectivity index (χ4n) is 2.07. The molecule has 0 unspecified atom stereocenters. The maximum absolute atomic E-state index is 13.6. The Hall–Kier alpha value is -1.66. The van der Waals surface area contributed by atoms with Crippen LogP contribution in [0.2, 0.25) is 0 Å². The van der Waals surface area contributed by atoms with Crippen LogP contribution >= 0.6 is 11.6 Å². The Kier molecular flexibility index (Phi) is 5.14. The number of ether oxygens (including phenoxy) is 1. The van der Waals surface area contributed by atoms with Crippen molar-refractivity contribution in [3.8, 4) is 0 Å². The molecule has 0 atom stereocenters. The molecule has 0 aliphatic heterocycles. The van der Waals surface area contributed by atoms with E-state index in [1.807, 2.05) is 0 Å². The molecule has 0 fully saturated rings. The Bertz CT molecular complexity index is 657. The van der Waals surface area contributed by atoms with E-state index >= 15 is 0 Å². The van der Waals surface area contributed by atoms with Gasteiger partial charge in [0.25, 0.3) is 0 Å². The Labute approximate surface area is 127 Å². The van der Waals surface area contributed by atoms with Gasteiger partial charge in [-0.25, -0.2) is 9.37 Å². The van der Waals surface area contributed by atoms with Crippen LogP contribution in [0.1, 0.15) is 11.4 Å². The van der Waals surface area contributed by atoms with Crippen LogP contribution in [0.25, 0.3) is 11.0 Å². The average molecular weight is 314 g/mol. The lowest BCUT2D eigenvalue weighted by atomic mass is 10.2. The van der Waals surface area contributed by atoms with Crippen LogP contribution in [0, 0.1) is 12.7 Å². The second-order valence-corrected chi connectivity index (χ2v) is 4.95. The van der Waals surface area contributed by atoms with Crippen LogP contribution < -0.4 is 5.32 Å². The van der Waals surface area contributed by atoms with Crippen molar-refractivity contribution in [3.63, 3.8) is 0 Å². The van der Waals surface area contributed by atoms with Crippen LogP contribution in [0.5, 0.6) is 0 Å². The average Bonchev–Trinajstić information content (AvgIpc) is 2.77. The molecule has 1 heterocycles. The van der Waals surface area contributed by atoms with Crippen molar-refractivity contribution in [2.24, 2.45) is 0 Å². The molecule has 0 radical (unpaired) electrons. The van der Waals surface area contributed by atoms with E-state index in [1.54, 1.807) is 24.7 Å². The number of aromatic nitrogens is 2. The number of aryl methyl sites for hydroxylation is 1. The summed E-state index contributed by atoms with van der Waals surface area (Å²) in [6, 6.07) is 3.04. The molecule has 0 aliphatic carbocycles. The van der Waals surface area contributed by atoms with Crippen molar-refractivity contribution < 1.29 is 13.9 Å². The summed E-state index contributed by atoms with van der Waals surface area (Å²) < 4.78 is 20.2. The van der Waals surface area contributed by atoms with Crippen LogP contribution in [-0.2, 0) is 22.0 Å². The monoisotopic (exact) mass is 313 g/mol. The number of imidazole rings is 1. The summed E-state index contributed by atoms with van der Waals surface area (Å²) in [4.78, 5) is 16.2. The third kappa shape index (κ3) is 3.51. The highest BCUT2D eigenvalue weighted by molar-refractivity contribution is 6.16. The van der Waals surface area contributed by atoms with E-state index in [4.69, 9.17) is 16.3 Å². The van der Waals surface area contributed by atoms with Gasteiger partial charge in [0.2, 0.25) is 5.91 Å². The first-order chi connectivity index (χ1) is 10.1. The molecular formula is C14H17ClFN3O2. The minimum absolute atomic E-state index is 0.0906. The molecule has 7 heteroatoms. The number of nitrogens with one attached hydrogen (secondary N) is 1. The van der Waals surface area contributed by atoms with Gasteiger partial charge in [0.1, 0.15) is 18.2 Å². The third-order valence-corrected chi connectivity index (χ3v) is 3.40. The zero-order valence-electron chi connectivity index (χ0n) is 11.9. The highest BCUT2D eigenvalue weighted by Crippen LogP contribution is 2.21. The van der Waals surface area contributed by atoms with Gasteiger partial charge in [-0.05, 0) is 18.6 Å². The van der Waals surface area contributed by atoms with E-state index in [0.717, 1.165) is 0 Å². The molecule has 21 heavy (non-hydrogen) atoms. The van der Waals surface area contributed by atoms with Crippen LogP contribution in [-0.4, -0.2) is 35.7 Å². The summed E-state index contributed by atoms with van der Waals surface area (Å²) in [5.41, 5.74) is 1.70. The summed E-state index contributed by atoms with van der Waals surface area (Å²) >= 11 is 5.86. The second-order valence-electron chi connectivity index (χ2n) is 4.68. The minimum Gasteiger partial charge on any atom is -0.383 e. The first-order valence-electron chi connectivity index (χ1n) is 6.53. The Balaban J connectivity index is 2.29. The fraction of sp³-hybridized carbons (Fsp3) is 0.429. The number of rotatable bonds is 6. The molecule has 2 rings (SSSR count). The molecule has 114 valence electrons. The zero-order valence-corrected chi connectivity index (χ0v) is 12.7. The van der Waals surface area contributed by atoms with Crippen LogP contribution in [0.15, 0.2) is 12.1 Å². The van der Waals surface area contributed by atoms with Crippen LogP contribution in [0.3, 0.4) is 0 Å². The number of halogens is 2. The van der Waals surface area contributed by atoms with Crippen LogP contribution in [0.4, 0.5) is 4.39 Å². The van der Waals surface area contributed by atoms with Gasteiger partial charge in [-0.1, -0.05) is 0 Å². The van der Waals surface area contributed by atoms with E-state index in [9.17, 15) is 9.18 Å². The van der Waals surface area contributed by atoms with Gasteiger partial charge in [0.05, 0.1) is 23.5 Å². The lowest BCUT2D eigenvalue weighted by Gasteiger charge is -2.09. The third-order valence-electron chi connectivity index (χ3n) is 3.16. The lowest BCUT2D eigenvalue weighted by Crippen LogP contribution is -2.30. The van der Waals surface area contributed by atoms with E-state index < -0.39 is 0 Å². The Morgan fingerprint density at radius 3 is 2.95 bits per heavy atom. The molecule has 0 bridgehead atoms. The zero-order chi connectivity index (χ0) is 15.4. The van der Waals surface area contributed by atoms with Crippen molar-refractivity contribution in [1.82, 2.24) is 14.9 Å². The maximum Gasteiger partial charge on any atom is 0.240 e. The van der Waals surface area contributed by atoms with Gasteiger partial charge in [0.15, 0.2) is 0 Å². The second kappa shape index (κ2) is 6.87. The highest BCUT2D eigenvalue weighted by Gasteiger charge is 2.14. The summed E-state index contributed by atoms with van der Waals surface area (Å²) in [6.45, 7) is 2.65. The lowest BCUT2D eigenvalue weighted by molar-refractivity contribution is -0.121. The predicted octanol–water partition coefficient (Wildman–Crippen LogP) is 1.99. The number of nitrogens with zero attached hydrogens (tertiary/aromatic N) is 2. The minimum atomic E-state index is -0.321. The van der Waals surface area contributed by atoms with Gasteiger partial charge < -0.3 is 14.6 Å². The summed E-state index contributed by atoms with van der Waals surface area (Å²) in [5, 5.41) is 2.73. The van der Waals surface area contributed by atoms with Gasteiger partial charge in [0, 0.05) is 19.7 Å². The number of amides is 1. The van der Waals surface area contributed by atoms with Crippen molar-refractivity contribution in [2.75, 3.05) is 20.3 Å². The van der Waals surface area contributed by atoms with Crippen molar-refractivity contribution in [1.29, 1.82) is 0 Å². The first kappa shape index (κ1) is 15.7. The normalized spacial score (nSPS) is 11.0. The van der Waals surface area contributed by atoms with E-state index in [0.29, 0.717) is 35.6 Å². The Morgan fingerprint density at radius 1 is 1.52 bits per heavy atom. The number of carbonyl (C=O) groups excluding carboxylic acids is 1. The number of fused-ring (bicyclic) bond motifs is 1. The summed E-state index contributed by atoms with van der Waals surface area (Å²) in [6.07, 6.45) is 0. The van der Waals surface area contributed by atoms with Gasteiger partial charge in [-0.2, -0.15) is 0 Å². The number of benzene rings is 1. The van der Waals surface area contributed by atoms with E-state index in [-0.39, 0.29) is 24.1 Å². The van der Waals surface area contributed by atoms with Crippen molar-refractivity contribution in [3.05, 3.63) is 29.3 Å². The molecule has 1 aromatic carbocycles. The number of carbonyl (C=O) groups is 1. The molecule has 0 saturated heterocycles. The molecule has 1 amide bonds. The van der Waals surface area contributed by atoms with Gasteiger partial charge in [-0.3, -0.25) is 4.79 Å². The summed E-state index contributed by atoms with van der Waals surface area (Å²) in [7, 11) is 1.57. The van der Waals surface area contributed by atoms with Crippen molar-refractivity contribution >= 4 is 28.5 Å². The van der Waals surface area contributed by atoms with E-state index in [1.165, 1.54) is 6.07 Å². The smallest absolute Gasteiger partial charge is 0.240 e. The molecular weight excluding hydrogens is 297 g/mol. The molecule has 1 N–H and O–H groups in total. The molecule has 5 nitrogen and oxygen atoms in total. The molecule has 2 aromatic rings. The first-order valence-corrected chi connectivity index (χ1v) is 7.07. The predicted molar refractivity (Wildman–Crippen MR) is 78.9 cm³/mol. The SMILES string of the molecule is COCCNC(=O)Cn1c(CCl)nc2cc(F)c(C)cc21. The topological polar surface area (TPSA) is 56.1 Å². The van der Waals surface area contributed by atoms with Gasteiger partial charge >= 0.3 is 0 Å². The number of hydrogen-bond acceptors (Lipinski definition) is 3. The molecule has 0 spiro atoms. The fourth-order valence-corrected chi connectivity index (χ4v) is 2.27. The largest absolute Gasteiger partial charge is 0.383 e. The highest BCUT2D eigenvalue weighted by atomic mass is 35.5. The number of hydrogen-bond donors (Lipinski definition) is 1. The van der Waals surface area contributed by atoms with Gasteiger partial charge in [-0.15, -0.1) is 11.6 Å².